The van der Waals surface area contributed by atoms with E-state index in [1.54, 1.807) is 16.7 Å². The van der Waals surface area contributed by atoms with Crippen LogP contribution in [0.15, 0.2) is 40.6 Å². The maximum Gasteiger partial charge on any atom is 0.297 e. The molecular formula is C20H23N5O7S2. The van der Waals surface area contributed by atoms with Crippen LogP contribution in [-0.4, -0.2) is 72.7 Å². The molecule has 12 nitrogen and oxygen atoms in total. The maximum absolute atomic E-state index is 12.7. The molecule has 3 aromatic rings. The molecule has 2 fully saturated rings. The highest BCUT2D eigenvalue weighted by atomic mass is 32.2. The first-order chi connectivity index (χ1) is 16.3. The van der Waals surface area contributed by atoms with Crippen LogP contribution in [0.3, 0.4) is 0 Å². The molecule has 182 valence electrons. The van der Waals surface area contributed by atoms with Crippen LogP contribution < -0.4 is 5.73 Å². The van der Waals surface area contributed by atoms with Crippen LogP contribution in [0, 0.1) is 6.92 Å². The molecule has 0 spiro atoms. The molecule has 34 heavy (non-hydrogen) atoms. The van der Waals surface area contributed by atoms with Crippen molar-refractivity contribution < 1.29 is 31.5 Å². The summed E-state index contributed by atoms with van der Waals surface area (Å²) in [7, 11) is -2.55. The van der Waals surface area contributed by atoms with Gasteiger partial charge in [-0.15, -0.1) is 0 Å². The Hall–Kier alpha value is -2.33. The van der Waals surface area contributed by atoms with Crippen molar-refractivity contribution in [2.24, 2.45) is 0 Å². The van der Waals surface area contributed by atoms with E-state index < -0.39 is 41.1 Å². The van der Waals surface area contributed by atoms with E-state index in [4.69, 9.17) is 28.9 Å². The summed E-state index contributed by atoms with van der Waals surface area (Å²) in [4.78, 5) is 13.1. The largest absolute Gasteiger partial charge is 0.382 e. The molecule has 2 N–H and O–H groups in total. The molecule has 0 bridgehead atoms. The monoisotopic (exact) mass is 509 g/mol. The fourth-order valence-electron chi connectivity index (χ4n) is 3.90. The maximum atomic E-state index is 12.7. The molecule has 0 amide bonds. The van der Waals surface area contributed by atoms with E-state index in [1.165, 1.54) is 37.3 Å². The second kappa shape index (κ2) is 9.03. The van der Waals surface area contributed by atoms with Gasteiger partial charge in [0.15, 0.2) is 22.8 Å². The summed E-state index contributed by atoms with van der Waals surface area (Å²) < 4.78 is 55.4. The highest BCUT2D eigenvalue weighted by Crippen LogP contribution is 2.41. The van der Waals surface area contributed by atoms with Crippen LogP contribution in [0.4, 0.5) is 5.82 Å². The van der Waals surface area contributed by atoms with Crippen molar-refractivity contribution in [1.82, 2.24) is 19.5 Å². The van der Waals surface area contributed by atoms with Crippen LogP contribution in [0.2, 0.25) is 0 Å². The predicted molar refractivity (Wildman–Crippen MR) is 120 cm³/mol. The quantitative estimate of drug-likeness (QED) is 0.279. The number of nitrogens with zero attached hydrogens (tertiary/aromatic N) is 4. The van der Waals surface area contributed by atoms with Crippen molar-refractivity contribution in [2.45, 2.75) is 48.0 Å². The number of hydrogen-bond donors (Lipinski definition) is 1. The molecule has 2 saturated heterocycles. The zero-order valence-corrected chi connectivity index (χ0v) is 20.2. The number of methoxy groups -OCH3 is 1. The number of hydrogen-bond acceptors (Lipinski definition) is 12. The molecule has 1 aromatic carbocycles. The highest BCUT2D eigenvalue weighted by molar-refractivity contribution is 7.98. The summed E-state index contributed by atoms with van der Waals surface area (Å²) in [6.45, 7) is 0.649. The van der Waals surface area contributed by atoms with Gasteiger partial charge in [0.05, 0.1) is 17.8 Å². The summed E-state index contributed by atoms with van der Waals surface area (Å²) in [5.41, 5.74) is 7.85. The third kappa shape index (κ3) is 4.15. The molecule has 4 heterocycles. The van der Waals surface area contributed by atoms with Gasteiger partial charge in [0.25, 0.3) is 16.6 Å². The van der Waals surface area contributed by atoms with Gasteiger partial charge in [0, 0.05) is 7.11 Å². The number of ether oxygens (including phenoxy) is 4. The molecule has 5 rings (SSSR count). The van der Waals surface area contributed by atoms with Gasteiger partial charge in [-0.05, 0) is 25.3 Å². The molecular weight excluding hydrogens is 486 g/mol. The molecule has 2 aliphatic rings. The van der Waals surface area contributed by atoms with Gasteiger partial charge in [-0.3, -0.25) is 8.75 Å². The van der Waals surface area contributed by atoms with E-state index in [2.05, 4.69) is 15.0 Å². The number of aryl methyl sites for hydroxylation is 1. The van der Waals surface area contributed by atoms with Crippen LogP contribution in [0.5, 0.6) is 0 Å². The Labute approximate surface area is 199 Å². The number of rotatable bonds is 7. The van der Waals surface area contributed by atoms with Gasteiger partial charge in [0.2, 0.25) is 0 Å². The number of benzene rings is 1. The first-order valence-corrected chi connectivity index (χ1v) is 12.9. The lowest BCUT2D eigenvalue weighted by Gasteiger charge is -2.20. The fourth-order valence-corrected chi connectivity index (χ4v) is 5.19. The molecule has 2 aliphatic heterocycles. The van der Waals surface area contributed by atoms with Gasteiger partial charge in [-0.25, -0.2) is 15.0 Å². The lowest BCUT2D eigenvalue weighted by molar-refractivity contribution is -0.256. The SMILES string of the molecule is COC1O[C@@H]2[C@H](O1)[C@@H](COS(=O)(=O)c1ccc(C)cc1)O[C@H]2n1cnc2c(N)nc(SC)nc21. The van der Waals surface area contributed by atoms with Crippen molar-refractivity contribution in [3.05, 3.63) is 36.2 Å². The Balaban J connectivity index is 1.42. The molecule has 0 saturated carbocycles. The Kier molecular flexibility index (Phi) is 6.22. The molecule has 5 atom stereocenters. The second-order valence-corrected chi connectivity index (χ2v) is 10.2. The summed E-state index contributed by atoms with van der Waals surface area (Å²) in [6, 6.07) is 6.39. The van der Waals surface area contributed by atoms with E-state index in [0.717, 1.165) is 5.56 Å². The first-order valence-electron chi connectivity index (χ1n) is 10.3. The lowest BCUT2D eigenvalue weighted by atomic mass is 10.1. The smallest absolute Gasteiger partial charge is 0.297 e. The Bertz CT molecular complexity index is 1300. The summed E-state index contributed by atoms with van der Waals surface area (Å²) in [5, 5.41) is 0.476. The Morgan fingerprint density at radius 3 is 2.59 bits per heavy atom. The number of imidazole rings is 1. The number of fused-ring (bicyclic) bond motifs is 2. The number of anilines is 1. The van der Waals surface area contributed by atoms with Crippen LogP contribution in [0.1, 0.15) is 11.8 Å². The molecule has 2 aromatic heterocycles. The lowest BCUT2D eigenvalue weighted by Crippen LogP contribution is -2.32. The Morgan fingerprint density at radius 1 is 1.15 bits per heavy atom. The number of aromatic nitrogens is 4. The van der Waals surface area contributed by atoms with E-state index >= 15 is 0 Å². The highest BCUT2D eigenvalue weighted by Gasteiger charge is 2.54. The van der Waals surface area contributed by atoms with E-state index in [-0.39, 0.29) is 17.3 Å². The molecule has 14 heteroatoms. The van der Waals surface area contributed by atoms with Gasteiger partial charge < -0.3 is 24.7 Å². The number of nitrogen functional groups attached to an aromatic ring is 1. The average Bonchev–Trinajstić information content (AvgIpc) is 3.51. The molecule has 0 aliphatic carbocycles. The van der Waals surface area contributed by atoms with E-state index in [1.807, 2.05) is 13.2 Å². The van der Waals surface area contributed by atoms with Crippen molar-refractivity contribution in [2.75, 3.05) is 25.7 Å². The van der Waals surface area contributed by atoms with Gasteiger partial charge in [-0.2, -0.15) is 8.42 Å². The topological polar surface area (TPSA) is 150 Å². The zero-order valence-electron chi connectivity index (χ0n) is 18.5. The van der Waals surface area contributed by atoms with Crippen molar-refractivity contribution >= 4 is 38.9 Å². The first kappa shape index (κ1) is 23.4. The standard InChI is InChI=1S/C20H23N5O7S2/c1-10-4-6-11(7-5-10)34(26,27)29-8-12-14-15(32-20(28-2)31-14)18(30-12)25-9-22-13-16(21)23-19(33-3)24-17(13)25/h4-7,9,12,14-15,18,20H,8H2,1-3H3,(H2,21,23,24)/t12-,14-,15-,18-,20?/m1/s1. The Morgan fingerprint density at radius 2 is 1.88 bits per heavy atom. The van der Waals surface area contributed by atoms with Gasteiger partial charge in [0.1, 0.15) is 23.8 Å². The van der Waals surface area contributed by atoms with E-state index in [9.17, 15) is 8.42 Å². The van der Waals surface area contributed by atoms with Crippen molar-refractivity contribution in [3.63, 3.8) is 0 Å². The minimum Gasteiger partial charge on any atom is -0.382 e. The summed E-state index contributed by atoms with van der Waals surface area (Å²) in [6.07, 6.45) is 0.563. The fraction of sp³-hybridized carbons (Fsp3) is 0.450. The van der Waals surface area contributed by atoms with Gasteiger partial charge >= 0.3 is 0 Å². The molecule has 1 unspecified atom stereocenters. The minimum atomic E-state index is -4.00. The third-order valence-electron chi connectivity index (χ3n) is 5.60. The second-order valence-electron chi connectivity index (χ2n) is 7.76. The summed E-state index contributed by atoms with van der Waals surface area (Å²) >= 11 is 1.34. The van der Waals surface area contributed by atoms with Crippen molar-refractivity contribution in [3.8, 4) is 0 Å². The number of thioether (sulfide) groups is 1. The minimum absolute atomic E-state index is 0.0555. The third-order valence-corrected chi connectivity index (χ3v) is 7.44. The van der Waals surface area contributed by atoms with E-state index in [0.29, 0.717) is 16.3 Å². The zero-order chi connectivity index (χ0) is 24.0. The van der Waals surface area contributed by atoms with Crippen LogP contribution in [-0.2, 0) is 33.2 Å². The average molecular weight is 510 g/mol. The van der Waals surface area contributed by atoms with Crippen LogP contribution in [0.25, 0.3) is 11.2 Å². The number of nitrogens with two attached hydrogens (primary N) is 1. The normalized spacial score (nSPS) is 26.9. The predicted octanol–water partition coefficient (Wildman–Crippen LogP) is 1.46. The molecule has 0 radical (unpaired) electrons. The van der Waals surface area contributed by atoms with Gasteiger partial charge in [-0.1, -0.05) is 29.5 Å². The van der Waals surface area contributed by atoms with Crippen LogP contribution >= 0.6 is 11.8 Å². The van der Waals surface area contributed by atoms with Crippen molar-refractivity contribution in [1.29, 1.82) is 0 Å². The summed E-state index contributed by atoms with van der Waals surface area (Å²) in [5.74, 6) is 0.241.